The van der Waals surface area contributed by atoms with Gasteiger partial charge in [0.05, 0.1) is 7.11 Å². The fourth-order valence-corrected chi connectivity index (χ4v) is 3.52. The highest BCUT2D eigenvalue weighted by molar-refractivity contribution is 7.99. The summed E-state index contributed by atoms with van der Waals surface area (Å²) in [6.45, 7) is 7.48. The fourth-order valence-electron chi connectivity index (χ4n) is 1.33. The lowest BCUT2D eigenvalue weighted by Gasteiger charge is -2.17. The lowest BCUT2D eigenvalue weighted by molar-refractivity contribution is -0.121. The Labute approximate surface area is 109 Å². The van der Waals surface area contributed by atoms with Crippen molar-refractivity contribution in [1.82, 2.24) is 0 Å². The predicted molar refractivity (Wildman–Crippen MR) is 71.8 cm³/mol. The predicted octanol–water partition coefficient (Wildman–Crippen LogP) is 2.09. The zero-order valence-electron chi connectivity index (χ0n) is 11.1. The SMILES string of the molecule is COS(=O)(=O)C(CCSC(C)C)C(=O)C(C)C. The molecule has 0 N–H and O–H groups in total. The van der Waals surface area contributed by atoms with Gasteiger partial charge >= 0.3 is 0 Å². The molecule has 0 bridgehead atoms. The van der Waals surface area contributed by atoms with Crippen LogP contribution in [0.2, 0.25) is 0 Å². The van der Waals surface area contributed by atoms with Crippen molar-refractivity contribution in [3.8, 4) is 0 Å². The highest BCUT2D eigenvalue weighted by atomic mass is 32.2. The van der Waals surface area contributed by atoms with Gasteiger partial charge in [-0.1, -0.05) is 27.7 Å². The molecule has 6 heteroatoms. The van der Waals surface area contributed by atoms with Crippen LogP contribution in [0, 0.1) is 5.92 Å². The van der Waals surface area contributed by atoms with Gasteiger partial charge < -0.3 is 0 Å². The maximum absolute atomic E-state index is 11.9. The molecule has 0 radical (unpaired) electrons. The van der Waals surface area contributed by atoms with Crippen molar-refractivity contribution < 1.29 is 17.4 Å². The normalized spacial score (nSPS) is 14.3. The summed E-state index contributed by atoms with van der Waals surface area (Å²) in [4.78, 5) is 11.9. The molecule has 0 fully saturated rings. The van der Waals surface area contributed by atoms with Crippen molar-refractivity contribution in [3.05, 3.63) is 0 Å². The van der Waals surface area contributed by atoms with E-state index in [9.17, 15) is 13.2 Å². The van der Waals surface area contributed by atoms with E-state index in [1.54, 1.807) is 25.6 Å². The van der Waals surface area contributed by atoms with Crippen LogP contribution in [0.3, 0.4) is 0 Å². The van der Waals surface area contributed by atoms with Crippen molar-refractivity contribution in [2.75, 3.05) is 12.9 Å². The summed E-state index contributed by atoms with van der Waals surface area (Å²) in [6, 6.07) is 0. The molecule has 1 unspecified atom stereocenters. The molecule has 102 valence electrons. The van der Waals surface area contributed by atoms with Gasteiger partial charge in [-0.3, -0.25) is 8.98 Å². The van der Waals surface area contributed by atoms with Gasteiger partial charge in [-0.25, -0.2) is 0 Å². The maximum atomic E-state index is 11.9. The number of rotatable bonds is 8. The van der Waals surface area contributed by atoms with Crippen LogP contribution in [0.1, 0.15) is 34.1 Å². The molecule has 0 aromatic rings. The average Bonchev–Trinajstić information content (AvgIpc) is 2.22. The highest BCUT2D eigenvalue weighted by Crippen LogP contribution is 2.19. The Morgan fingerprint density at radius 1 is 1.24 bits per heavy atom. The van der Waals surface area contributed by atoms with Gasteiger partial charge in [0.1, 0.15) is 5.25 Å². The first-order valence-corrected chi connectivity index (χ1v) is 8.19. The molecule has 0 aliphatic rings. The van der Waals surface area contributed by atoms with E-state index in [-0.39, 0.29) is 11.7 Å². The van der Waals surface area contributed by atoms with Crippen molar-refractivity contribution in [1.29, 1.82) is 0 Å². The molecule has 0 amide bonds. The Balaban J connectivity index is 4.71. The molecular weight excluding hydrogens is 260 g/mol. The molecule has 0 aliphatic carbocycles. The summed E-state index contributed by atoms with van der Waals surface area (Å²) in [5.74, 6) is 0.0776. The fraction of sp³-hybridized carbons (Fsp3) is 0.909. The second-order valence-electron chi connectivity index (χ2n) is 4.41. The number of thioether (sulfide) groups is 1. The Kier molecular flexibility index (Phi) is 7.35. The van der Waals surface area contributed by atoms with Crippen molar-refractivity contribution in [2.24, 2.45) is 5.92 Å². The van der Waals surface area contributed by atoms with Crippen molar-refractivity contribution in [2.45, 2.75) is 44.6 Å². The van der Waals surface area contributed by atoms with E-state index in [2.05, 4.69) is 4.18 Å². The third kappa shape index (κ3) is 5.88. The summed E-state index contributed by atoms with van der Waals surface area (Å²) in [7, 11) is -2.66. The molecule has 4 nitrogen and oxygen atoms in total. The third-order valence-corrected chi connectivity index (χ3v) is 5.07. The van der Waals surface area contributed by atoms with Crippen LogP contribution in [-0.4, -0.2) is 37.6 Å². The Morgan fingerprint density at radius 2 is 1.76 bits per heavy atom. The van der Waals surface area contributed by atoms with E-state index >= 15 is 0 Å². The third-order valence-electron chi connectivity index (χ3n) is 2.30. The van der Waals surface area contributed by atoms with E-state index in [0.29, 0.717) is 17.4 Å². The zero-order valence-corrected chi connectivity index (χ0v) is 12.7. The monoisotopic (exact) mass is 282 g/mol. The van der Waals surface area contributed by atoms with Crippen molar-refractivity contribution in [3.63, 3.8) is 0 Å². The van der Waals surface area contributed by atoms with Crippen LogP contribution in [0.4, 0.5) is 0 Å². The van der Waals surface area contributed by atoms with Crippen LogP contribution < -0.4 is 0 Å². The maximum Gasteiger partial charge on any atom is 0.277 e. The molecule has 1 atom stereocenters. The van der Waals surface area contributed by atoms with Gasteiger partial charge in [0, 0.05) is 5.92 Å². The van der Waals surface area contributed by atoms with Crippen molar-refractivity contribution >= 4 is 27.7 Å². The molecule has 0 aliphatic heterocycles. The largest absolute Gasteiger partial charge is 0.298 e. The molecule has 0 rings (SSSR count). The number of hydrogen-bond donors (Lipinski definition) is 0. The second kappa shape index (κ2) is 7.38. The standard InChI is InChI=1S/C11H22O4S2/c1-8(2)11(12)10(17(13,14)15-5)6-7-16-9(3)4/h8-10H,6-7H2,1-5H3. The van der Waals surface area contributed by atoms with Gasteiger partial charge in [0.25, 0.3) is 10.1 Å². The zero-order chi connectivity index (χ0) is 13.6. The Morgan fingerprint density at radius 3 is 2.12 bits per heavy atom. The van der Waals surface area contributed by atoms with E-state index in [0.717, 1.165) is 7.11 Å². The molecule has 0 saturated heterocycles. The highest BCUT2D eigenvalue weighted by Gasteiger charge is 2.33. The Bertz CT molecular complexity index is 333. The number of hydrogen-bond acceptors (Lipinski definition) is 5. The molecular formula is C11H22O4S2. The minimum absolute atomic E-state index is 0.267. The molecule has 0 heterocycles. The second-order valence-corrected chi connectivity index (χ2v) is 7.99. The smallest absolute Gasteiger partial charge is 0.277 e. The molecule has 0 aromatic carbocycles. The lowest BCUT2D eigenvalue weighted by atomic mass is 10.0. The quantitative estimate of drug-likeness (QED) is 0.638. The summed E-state index contributed by atoms with van der Waals surface area (Å²) >= 11 is 1.64. The molecule has 0 spiro atoms. The number of carbonyl (C=O) groups is 1. The number of Topliss-reactive ketones (excluding diaryl/α,β-unsaturated/α-hetero) is 1. The molecule has 0 saturated carbocycles. The topological polar surface area (TPSA) is 60.4 Å². The van der Waals surface area contributed by atoms with Crippen LogP contribution in [0.5, 0.6) is 0 Å². The summed E-state index contributed by atoms with van der Waals surface area (Å²) < 4.78 is 27.8. The van der Waals surface area contributed by atoms with E-state index in [1.165, 1.54) is 0 Å². The van der Waals surface area contributed by atoms with E-state index in [1.807, 2.05) is 13.8 Å². The van der Waals surface area contributed by atoms with Crippen LogP contribution in [-0.2, 0) is 19.1 Å². The summed E-state index contributed by atoms with van der Waals surface area (Å²) in [6.07, 6.45) is 0.316. The minimum Gasteiger partial charge on any atom is -0.298 e. The van der Waals surface area contributed by atoms with Crippen LogP contribution in [0.15, 0.2) is 0 Å². The van der Waals surface area contributed by atoms with E-state index < -0.39 is 15.4 Å². The average molecular weight is 282 g/mol. The van der Waals surface area contributed by atoms with Crippen LogP contribution in [0.25, 0.3) is 0 Å². The molecule has 0 aromatic heterocycles. The van der Waals surface area contributed by atoms with Gasteiger partial charge in [-0.15, -0.1) is 0 Å². The first kappa shape index (κ1) is 16.9. The minimum atomic E-state index is -3.77. The first-order valence-electron chi connectivity index (χ1n) is 5.67. The van der Waals surface area contributed by atoms with Crippen LogP contribution >= 0.6 is 11.8 Å². The first-order chi connectivity index (χ1) is 7.72. The molecule has 17 heavy (non-hydrogen) atoms. The number of ketones is 1. The summed E-state index contributed by atoms with van der Waals surface area (Å²) in [5, 5.41) is -0.603. The van der Waals surface area contributed by atoms with Gasteiger partial charge in [-0.2, -0.15) is 20.2 Å². The van der Waals surface area contributed by atoms with E-state index in [4.69, 9.17) is 0 Å². The number of carbonyl (C=O) groups excluding carboxylic acids is 1. The Hall–Kier alpha value is -0.0700. The van der Waals surface area contributed by atoms with Gasteiger partial charge in [-0.05, 0) is 17.4 Å². The van der Waals surface area contributed by atoms with Gasteiger partial charge in [0.15, 0.2) is 5.78 Å². The van der Waals surface area contributed by atoms with Gasteiger partial charge in [0.2, 0.25) is 0 Å². The summed E-state index contributed by atoms with van der Waals surface area (Å²) in [5.41, 5.74) is 0. The lowest BCUT2D eigenvalue weighted by Crippen LogP contribution is -2.34.